The first kappa shape index (κ1) is 17.0. The van der Waals surface area contributed by atoms with Gasteiger partial charge in [-0.3, -0.25) is 14.8 Å². The summed E-state index contributed by atoms with van der Waals surface area (Å²) >= 11 is 5.57. The van der Waals surface area contributed by atoms with E-state index in [1.807, 2.05) is 0 Å². The molecule has 0 aliphatic carbocycles. The zero-order valence-corrected chi connectivity index (χ0v) is 13.5. The number of carbonyl (C=O) groups excluding carboxylic acids is 1. The predicted molar refractivity (Wildman–Crippen MR) is 85.2 cm³/mol. The van der Waals surface area contributed by atoms with Gasteiger partial charge in [0.2, 0.25) is 5.28 Å². The van der Waals surface area contributed by atoms with Crippen LogP contribution in [-0.2, 0) is 21.2 Å². The summed E-state index contributed by atoms with van der Waals surface area (Å²) < 4.78 is 22.7. The number of sulfone groups is 1. The Kier molecular flexibility index (Phi) is 5.35. The van der Waals surface area contributed by atoms with Gasteiger partial charge in [0.05, 0.1) is 35.2 Å². The summed E-state index contributed by atoms with van der Waals surface area (Å²) in [4.78, 5) is 26.7. The number of nitrogens with zero attached hydrogens (tertiary/aromatic N) is 4. The largest absolute Gasteiger partial charge is 0.335 e. The molecule has 120 valence electrons. The minimum absolute atomic E-state index is 0.0601. The summed E-state index contributed by atoms with van der Waals surface area (Å²) in [6, 6.07) is 2.97. The van der Waals surface area contributed by atoms with Gasteiger partial charge in [-0.15, -0.1) is 0 Å². The molecule has 0 radical (unpaired) electrons. The molecule has 0 fully saturated rings. The minimum atomic E-state index is -3.29. The molecular formula is C13H12ClN5O3S. The van der Waals surface area contributed by atoms with Crippen molar-refractivity contribution in [1.29, 1.82) is 0 Å². The van der Waals surface area contributed by atoms with Gasteiger partial charge in [-0.1, -0.05) is 0 Å². The van der Waals surface area contributed by atoms with Crippen LogP contribution >= 0.6 is 11.6 Å². The fourth-order valence-electron chi connectivity index (χ4n) is 1.52. The van der Waals surface area contributed by atoms with Crippen LogP contribution in [0.2, 0.25) is 5.28 Å². The van der Waals surface area contributed by atoms with Gasteiger partial charge < -0.3 is 5.32 Å². The number of carbonyl (C=O) groups is 1. The van der Waals surface area contributed by atoms with Crippen LogP contribution in [0.3, 0.4) is 0 Å². The average Bonchev–Trinajstić information content (AvgIpc) is 2.53. The SMILES string of the molecule is CS(=O)(=O)c1ccc(CN=C(C=O)Nc2cnc(Cl)nc2)nc1. The lowest BCUT2D eigenvalue weighted by molar-refractivity contribution is -0.102. The van der Waals surface area contributed by atoms with Crippen molar-refractivity contribution in [1.82, 2.24) is 15.0 Å². The first-order chi connectivity index (χ1) is 10.9. The number of rotatable bonds is 5. The molecule has 10 heteroatoms. The maximum atomic E-state index is 11.3. The van der Waals surface area contributed by atoms with Gasteiger partial charge in [0.25, 0.3) is 0 Å². The Labute approximate surface area is 137 Å². The van der Waals surface area contributed by atoms with Crippen molar-refractivity contribution in [2.45, 2.75) is 11.4 Å². The van der Waals surface area contributed by atoms with Crippen molar-refractivity contribution in [3.63, 3.8) is 0 Å². The Morgan fingerprint density at radius 1 is 1.26 bits per heavy atom. The number of nitrogens with one attached hydrogen (secondary N) is 1. The first-order valence-corrected chi connectivity index (χ1v) is 8.54. The van der Waals surface area contributed by atoms with Gasteiger partial charge in [-0.25, -0.2) is 18.4 Å². The van der Waals surface area contributed by atoms with Crippen molar-refractivity contribution in [3.8, 4) is 0 Å². The van der Waals surface area contributed by atoms with Crippen molar-refractivity contribution < 1.29 is 13.2 Å². The van der Waals surface area contributed by atoms with E-state index in [4.69, 9.17) is 11.6 Å². The maximum absolute atomic E-state index is 11.3. The molecule has 0 spiro atoms. The van der Waals surface area contributed by atoms with Gasteiger partial charge >= 0.3 is 0 Å². The molecule has 2 rings (SSSR count). The summed E-state index contributed by atoms with van der Waals surface area (Å²) in [5.74, 6) is 0.0601. The van der Waals surface area contributed by atoms with Crippen molar-refractivity contribution in [2.24, 2.45) is 4.99 Å². The standard InChI is InChI=1S/C13H12ClN5O3S/c1-23(21,22)11-3-2-9(15-7-11)4-16-12(8-20)19-10-5-17-13(14)18-6-10/h2-3,5-8H,4H2,1H3,(H,16,19). The van der Waals surface area contributed by atoms with E-state index in [2.05, 4.69) is 25.3 Å². The third-order valence-corrected chi connectivity index (χ3v) is 3.93. The van der Waals surface area contributed by atoms with Crippen LogP contribution in [0.5, 0.6) is 0 Å². The first-order valence-electron chi connectivity index (χ1n) is 6.27. The Bertz CT molecular complexity index is 820. The van der Waals surface area contributed by atoms with E-state index >= 15 is 0 Å². The second-order valence-corrected chi connectivity index (χ2v) is 6.80. The fraction of sp³-hybridized carbons (Fsp3) is 0.154. The lowest BCUT2D eigenvalue weighted by atomic mass is 10.3. The Morgan fingerprint density at radius 2 is 1.96 bits per heavy atom. The molecule has 0 atom stereocenters. The monoisotopic (exact) mass is 353 g/mol. The molecule has 0 saturated carbocycles. The maximum Gasteiger partial charge on any atom is 0.222 e. The molecule has 23 heavy (non-hydrogen) atoms. The van der Waals surface area contributed by atoms with Crippen LogP contribution in [0.4, 0.5) is 5.69 Å². The lowest BCUT2D eigenvalue weighted by Gasteiger charge is -2.04. The van der Waals surface area contributed by atoms with E-state index in [0.29, 0.717) is 17.7 Å². The third-order valence-electron chi connectivity index (χ3n) is 2.64. The minimum Gasteiger partial charge on any atom is -0.335 e. The highest BCUT2D eigenvalue weighted by Crippen LogP contribution is 2.09. The average molecular weight is 354 g/mol. The Morgan fingerprint density at radius 3 is 2.48 bits per heavy atom. The molecule has 1 N–H and O–H groups in total. The Balaban J connectivity index is 2.07. The van der Waals surface area contributed by atoms with Crippen LogP contribution in [-0.4, -0.2) is 41.7 Å². The van der Waals surface area contributed by atoms with Crippen LogP contribution in [0.25, 0.3) is 0 Å². The number of aromatic nitrogens is 3. The number of aldehydes is 1. The second-order valence-electron chi connectivity index (χ2n) is 4.44. The normalized spacial score (nSPS) is 12.0. The number of pyridine rings is 1. The van der Waals surface area contributed by atoms with E-state index in [1.165, 1.54) is 30.7 Å². The number of aliphatic imine (C=N–C) groups is 1. The highest BCUT2D eigenvalue weighted by Gasteiger charge is 2.07. The molecule has 0 saturated heterocycles. The van der Waals surface area contributed by atoms with Crippen LogP contribution in [0.1, 0.15) is 5.69 Å². The van der Waals surface area contributed by atoms with E-state index < -0.39 is 9.84 Å². The van der Waals surface area contributed by atoms with Crippen molar-refractivity contribution in [3.05, 3.63) is 41.7 Å². The molecule has 0 amide bonds. The van der Waals surface area contributed by atoms with Crippen LogP contribution in [0.15, 0.2) is 40.6 Å². The van der Waals surface area contributed by atoms with Crippen molar-refractivity contribution in [2.75, 3.05) is 11.6 Å². The zero-order chi connectivity index (χ0) is 16.9. The number of hydrogen-bond donors (Lipinski definition) is 1. The molecular weight excluding hydrogens is 342 g/mol. The summed E-state index contributed by atoms with van der Waals surface area (Å²) in [5.41, 5.74) is 0.978. The van der Waals surface area contributed by atoms with Crippen LogP contribution in [0, 0.1) is 0 Å². The molecule has 8 nitrogen and oxygen atoms in total. The van der Waals surface area contributed by atoms with E-state index in [-0.39, 0.29) is 22.6 Å². The summed E-state index contributed by atoms with van der Waals surface area (Å²) in [6.45, 7) is 0.111. The molecule has 0 bridgehead atoms. The molecule has 0 aromatic carbocycles. The predicted octanol–water partition coefficient (Wildman–Crippen LogP) is 1.14. The fourth-order valence-corrected chi connectivity index (χ4v) is 2.18. The van der Waals surface area contributed by atoms with E-state index in [9.17, 15) is 13.2 Å². The summed E-state index contributed by atoms with van der Waals surface area (Å²) in [6.07, 6.45) is 5.71. The topological polar surface area (TPSA) is 114 Å². The molecule has 0 unspecified atom stereocenters. The third kappa shape index (κ3) is 5.08. The quantitative estimate of drug-likeness (QED) is 0.371. The molecule has 2 aromatic heterocycles. The highest BCUT2D eigenvalue weighted by atomic mass is 35.5. The second kappa shape index (κ2) is 7.25. The van der Waals surface area contributed by atoms with Crippen LogP contribution < -0.4 is 5.32 Å². The van der Waals surface area contributed by atoms with Gasteiger partial charge in [0.15, 0.2) is 22.0 Å². The van der Waals surface area contributed by atoms with E-state index in [0.717, 1.165) is 6.26 Å². The Hall–Kier alpha value is -2.39. The van der Waals surface area contributed by atoms with Gasteiger partial charge in [0, 0.05) is 12.5 Å². The van der Waals surface area contributed by atoms with Gasteiger partial charge in [0.1, 0.15) is 0 Å². The molecule has 2 heterocycles. The van der Waals surface area contributed by atoms with Crippen molar-refractivity contribution >= 4 is 39.2 Å². The number of amidine groups is 1. The molecule has 2 aromatic rings. The smallest absolute Gasteiger partial charge is 0.222 e. The number of halogens is 1. The number of hydrogen-bond acceptors (Lipinski definition) is 7. The number of anilines is 1. The van der Waals surface area contributed by atoms with E-state index in [1.54, 1.807) is 0 Å². The summed E-state index contributed by atoms with van der Waals surface area (Å²) in [7, 11) is -3.29. The lowest BCUT2D eigenvalue weighted by Crippen LogP contribution is -2.14. The van der Waals surface area contributed by atoms with Gasteiger partial charge in [-0.05, 0) is 23.7 Å². The summed E-state index contributed by atoms with van der Waals surface area (Å²) in [5, 5.41) is 2.83. The molecule has 0 aliphatic heterocycles. The zero-order valence-electron chi connectivity index (χ0n) is 12.0. The highest BCUT2D eigenvalue weighted by molar-refractivity contribution is 7.90. The molecule has 0 aliphatic rings. The van der Waals surface area contributed by atoms with Gasteiger partial charge in [-0.2, -0.15) is 0 Å².